The summed E-state index contributed by atoms with van der Waals surface area (Å²) in [4.78, 5) is 0. The SMILES string of the molecule is Cc1cc(F)ccc1C(C)(C)C.Cc1ccccc1C(C)(C)C. The van der Waals surface area contributed by atoms with Crippen molar-refractivity contribution < 1.29 is 4.39 Å². The van der Waals surface area contributed by atoms with Gasteiger partial charge in [0.15, 0.2) is 0 Å². The first-order valence-electron chi connectivity index (χ1n) is 8.25. The Morgan fingerprint density at radius 3 is 1.52 bits per heavy atom. The first-order valence-corrected chi connectivity index (χ1v) is 8.25. The Bertz CT molecular complexity index is 640. The minimum Gasteiger partial charge on any atom is -0.207 e. The first kappa shape index (κ1) is 19.4. The van der Waals surface area contributed by atoms with E-state index in [1.807, 2.05) is 13.0 Å². The summed E-state index contributed by atoms with van der Waals surface area (Å²) < 4.78 is 12.7. The highest BCUT2D eigenvalue weighted by Gasteiger charge is 2.16. The van der Waals surface area contributed by atoms with E-state index in [9.17, 15) is 4.39 Å². The Hall–Kier alpha value is -1.63. The van der Waals surface area contributed by atoms with Crippen molar-refractivity contribution in [1.82, 2.24) is 0 Å². The van der Waals surface area contributed by atoms with E-state index in [1.54, 1.807) is 6.07 Å². The maximum Gasteiger partial charge on any atom is 0.123 e. The van der Waals surface area contributed by atoms with Gasteiger partial charge in [-0.2, -0.15) is 0 Å². The van der Waals surface area contributed by atoms with Gasteiger partial charge in [-0.05, 0) is 59.1 Å². The zero-order valence-electron chi connectivity index (χ0n) is 15.9. The summed E-state index contributed by atoms with van der Waals surface area (Å²) in [6, 6.07) is 13.5. The van der Waals surface area contributed by atoms with Gasteiger partial charge in [0.2, 0.25) is 0 Å². The summed E-state index contributed by atoms with van der Waals surface area (Å²) in [5.74, 6) is -0.152. The largest absolute Gasteiger partial charge is 0.207 e. The van der Waals surface area contributed by atoms with E-state index in [1.165, 1.54) is 22.8 Å². The van der Waals surface area contributed by atoms with Gasteiger partial charge in [0.1, 0.15) is 5.82 Å². The monoisotopic (exact) mass is 314 g/mol. The maximum atomic E-state index is 12.7. The molecule has 0 amide bonds. The standard InChI is InChI=1S/C11H15F.C11H16/c1-8-7-9(12)5-6-10(8)11(2,3)4;1-9-7-5-6-8-10(9)11(2,3)4/h5-7H,1-4H3;5-8H,1-4H3. The van der Waals surface area contributed by atoms with Gasteiger partial charge < -0.3 is 0 Å². The fraction of sp³-hybridized carbons (Fsp3) is 0.455. The van der Waals surface area contributed by atoms with Gasteiger partial charge in [0, 0.05) is 0 Å². The molecule has 23 heavy (non-hydrogen) atoms. The lowest BCUT2D eigenvalue weighted by Gasteiger charge is -2.21. The molecule has 0 unspecified atom stereocenters. The van der Waals surface area contributed by atoms with E-state index < -0.39 is 0 Å². The van der Waals surface area contributed by atoms with Gasteiger partial charge >= 0.3 is 0 Å². The van der Waals surface area contributed by atoms with Crippen molar-refractivity contribution in [2.24, 2.45) is 0 Å². The highest BCUT2D eigenvalue weighted by molar-refractivity contribution is 5.32. The van der Waals surface area contributed by atoms with E-state index >= 15 is 0 Å². The Morgan fingerprint density at radius 2 is 1.13 bits per heavy atom. The van der Waals surface area contributed by atoms with E-state index in [4.69, 9.17) is 0 Å². The molecule has 0 N–H and O–H groups in total. The number of hydrogen-bond donors (Lipinski definition) is 0. The number of hydrogen-bond acceptors (Lipinski definition) is 0. The average molecular weight is 314 g/mol. The van der Waals surface area contributed by atoms with Crippen molar-refractivity contribution in [3.05, 3.63) is 70.5 Å². The zero-order valence-corrected chi connectivity index (χ0v) is 15.9. The van der Waals surface area contributed by atoms with E-state index in [2.05, 4.69) is 72.7 Å². The number of aryl methyl sites for hydroxylation is 2. The number of halogens is 1. The number of benzene rings is 2. The molecule has 0 aromatic heterocycles. The summed E-state index contributed by atoms with van der Waals surface area (Å²) in [7, 11) is 0. The van der Waals surface area contributed by atoms with Crippen LogP contribution in [0.5, 0.6) is 0 Å². The smallest absolute Gasteiger partial charge is 0.123 e. The van der Waals surface area contributed by atoms with Crippen molar-refractivity contribution in [2.45, 2.75) is 66.2 Å². The lowest BCUT2D eigenvalue weighted by Crippen LogP contribution is -2.12. The fourth-order valence-corrected chi connectivity index (χ4v) is 2.88. The molecule has 0 spiro atoms. The molecule has 0 fully saturated rings. The summed E-state index contributed by atoms with van der Waals surface area (Å²) in [6.45, 7) is 17.2. The third-order valence-electron chi connectivity index (χ3n) is 3.95. The molecule has 0 heterocycles. The Morgan fingerprint density at radius 1 is 0.652 bits per heavy atom. The van der Waals surface area contributed by atoms with E-state index in [0.29, 0.717) is 0 Å². The van der Waals surface area contributed by atoms with Gasteiger partial charge in [-0.1, -0.05) is 71.9 Å². The van der Waals surface area contributed by atoms with E-state index in [-0.39, 0.29) is 16.6 Å². The zero-order chi connectivity index (χ0) is 17.8. The van der Waals surface area contributed by atoms with Gasteiger partial charge in [-0.3, -0.25) is 0 Å². The van der Waals surface area contributed by atoms with Crippen LogP contribution >= 0.6 is 0 Å². The van der Waals surface area contributed by atoms with Crippen molar-refractivity contribution >= 4 is 0 Å². The van der Waals surface area contributed by atoms with Crippen molar-refractivity contribution in [1.29, 1.82) is 0 Å². The topological polar surface area (TPSA) is 0 Å². The van der Waals surface area contributed by atoms with Gasteiger partial charge in [-0.15, -0.1) is 0 Å². The second kappa shape index (κ2) is 7.29. The molecule has 2 aromatic rings. The molecular weight excluding hydrogens is 283 g/mol. The molecule has 0 aliphatic carbocycles. The Balaban J connectivity index is 0.000000231. The van der Waals surface area contributed by atoms with Crippen LogP contribution in [0.15, 0.2) is 42.5 Å². The van der Waals surface area contributed by atoms with E-state index in [0.717, 1.165) is 5.56 Å². The molecule has 0 nitrogen and oxygen atoms in total. The maximum absolute atomic E-state index is 12.7. The average Bonchev–Trinajstić information content (AvgIpc) is 2.36. The van der Waals surface area contributed by atoms with Gasteiger partial charge in [0.05, 0.1) is 0 Å². The van der Waals surface area contributed by atoms with Crippen LogP contribution in [0.4, 0.5) is 4.39 Å². The van der Waals surface area contributed by atoms with Crippen LogP contribution in [0.2, 0.25) is 0 Å². The van der Waals surface area contributed by atoms with Crippen LogP contribution in [-0.4, -0.2) is 0 Å². The van der Waals surface area contributed by atoms with Crippen molar-refractivity contribution in [2.75, 3.05) is 0 Å². The first-order chi connectivity index (χ1) is 10.4. The number of rotatable bonds is 0. The minimum atomic E-state index is -0.152. The van der Waals surface area contributed by atoms with Crippen LogP contribution in [0.3, 0.4) is 0 Å². The third-order valence-corrected chi connectivity index (χ3v) is 3.95. The van der Waals surface area contributed by atoms with Gasteiger partial charge in [0.25, 0.3) is 0 Å². The molecule has 2 aromatic carbocycles. The van der Waals surface area contributed by atoms with Crippen LogP contribution in [0.25, 0.3) is 0 Å². The lowest BCUT2D eigenvalue weighted by molar-refractivity contribution is 0.578. The Labute approximate surface area is 141 Å². The molecule has 0 radical (unpaired) electrons. The predicted molar refractivity (Wildman–Crippen MR) is 99.7 cm³/mol. The molecule has 0 atom stereocenters. The second-order valence-electron chi connectivity index (χ2n) is 8.27. The minimum absolute atomic E-state index is 0.109. The predicted octanol–water partition coefficient (Wildman–Crippen LogP) is 6.72. The molecule has 0 bridgehead atoms. The van der Waals surface area contributed by atoms with Crippen molar-refractivity contribution in [3.63, 3.8) is 0 Å². The molecule has 0 aliphatic heterocycles. The summed E-state index contributed by atoms with van der Waals surface area (Å²) in [6.07, 6.45) is 0. The molecular formula is C22H31F. The molecule has 2 rings (SSSR count). The summed E-state index contributed by atoms with van der Waals surface area (Å²) >= 11 is 0. The van der Waals surface area contributed by atoms with Crippen LogP contribution < -0.4 is 0 Å². The third kappa shape index (κ3) is 5.82. The second-order valence-corrected chi connectivity index (χ2v) is 8.27. The van der Waals surface area contributed by atoms with Gasteiger partial charge in [-0.25, -0.2) is 4.39 Å². The highest BCUT2D eigenvalue weighted by Crippen LogP contribution is 2.26. The summed E-state index contributed by atoms with van der Waals surface area (Å²) in [5, 5.41) is 0. The summed E-state index contributed by atoms with van der Waals surface area (Å²) in [5.41, 5.74) is 5.47. The molecule has 0 saturated heterocycles. The fourth-order valence-electron chi connectivity index (χ4n) is 2.88. The molecule has 126 valence electrons. The molecule has 0 aliphatic rings. The van der Waals surface area contributed by atoms with Crippen LogP contribution in [-0.2, 0) is 10.8 Å². The van der Waals surface area contributed by atoms with Crippen LogP contribution in [0.1, 0.15) is 63.8 Å². The molecule has 0 saturated carbocycles. The lowest BCUT2D eigenvalue weighted by atomic mass is 9.84. The molecule has 1 heteroatoms. The van der Waals surface area contributed by atoms with Crippen molar-refractivity contribution in [3.8, 4) is 0 Å². The van der Waals surface area contributed by atoms with Crippen LogP contribution in [0, 0.1) is 19.7 Å². The quantitative estimate of drug-likeness (QED) is 0.506. The normalized spacial score (nSPS) is 11.7. The highest BCUT2D eigenvalue weighted by atomic mass is 19.1. The Kier molecular flexibility index (Phi) is 6.16.